The van der Waals surface area contributed by atoms with E-state index < -0.39 is 11.7 Å². The van der Waals surface area contributed by atoms with Crippen molar-refractivity contribution in [3.63, 3.8) is 0 Å². The van der Waals surface area contributed by atoms with Crippen LogP contribution in [0.25, 0.3) is 21.8 Å². The number of fused-ring (bicyclic) bond motifs is 2. The number of amides is 1. The number of morpholine rings is 1. The van der Waals surface area contributed by atoms with Crippen molar-refractivity contribution in [2.45, 2.75) is 13.5 Å². The smallest absolute Gasteiger partial charge is 0.296 e. The number of anilines is 1. The third-order valence-corrected chi connectivity index (χ3v) is 6.12. The molecule has 1 fully saturated rings. The van der Waals surface area contributed by atoms with Gasteiger partial charge in [0.15, 0.2) is 0 Å². The average Bonchev–Trinajstić information content (AvgIpc) is 3.37. The summed E-state index contributed by atoms with van der Waals surface area (Å²) in [4.78, 5) is 31.2. The van der Waals surface area contributed by atoms with E-state index in [2.05, 4.69) is 26.0 Å². The van der Waals surface area contributed by atoms with Crippen molar-refractivity contribution in [1.29, 1.82) is 0 Å². The van der Waals surface area contributed by atoms with Crippen LogP contribution in [0.5, 0.6) is 0 Å². The zero-order valence-corrected chi connectivity index (χ0v) is 18.1. The first kappa shape index (κ1) is 20.5. The molecule has 2 aromatic heterocycles. The maximum absolute atomic E-state index is 12.9. The van der Waals surface area contributed by atoms with E-state index in [-0.39, 0.29) is 0 Å². The third kappa shape index (κ3) is 3.92. The Labute approximate surface area is 186 Å². The highest BCUT2D eigenvalue weighted by atomic mass is 16.5. The molecule has 3 heterocycles. The molecule has 7 nitrogen and oxygen atoms in total. The molecule has 1 aliphatic rings. The molecule has 32 heavy (non-hydrogen) atoms. The van der Waals surface area contributed by atoms with Crippen molar-refractivity contribution in [2.24, 2.45) is 0 Å². The molecule has 7 heteroatoms. The standard InChI is InChI=1S/C25H26N4O3/c1-17-23(20-4-2-3-5-21(20)26-17)24(30)25(31)27-19-6-7-22-18(16-19)8-9-29(22)11-10-28-12-14-32-15-13-28/h2-9,16,26H,10-15H2,1H3,(H,27,31). The quantitative estimate of drug-likeness (QED) is 0.362. The number of ketones is 1. The molecule has 2 N–H and O–H groups in total. The van der Waals surface area contributed by atoms with Gasteiger partial charge in [0.05, 0.1) is 18.8 Å². The number of para-hydroxylation sites is 1. The fourth-order valence-electron chi connectivity index (χ4n) is 4.42. The number of aromatic nitrogens is 2. The first-order valence-electron chi connectivity index (χ1n) is 10.9. The van der Waals surface area contributed by atoms with Gasteiger partial charge in [-0.25, -0.2) is 0 Å². The summed E-state index contributed by atoms with van der Waals surface area (Å²) in [5.74, 6) is -1.17. The number of aryl methyl sites for hydroxylation is 1. The Kier molecular flexibility index (Phi) is 5.51. The first-order valence-corrected chi connectivity index (χ1v) is 10.9. The van der Waals surface area contributed by atoms with Crippen LogP contribution in [0.2, 0.25) is 0 Å². The summed E-state index contributed by atoms with van der Waals surface area (Å²) in [5, 5.41) is 4.56. The molecule has 0 radical (unpaired) electrons. The molecule has 4 aromatic rings. The van der Waals surface area contributed by atoms with Gasteiger partial charge in [-0.1, -0.05) is 18.2 Å². The fourth-order valence-corrected chi connectivity index (χ4v) is 4.42. The van der Waals surface area contributed by atoms with Gasteiger partial charge in [-0.15, -0.1) is 0 Å². The summed E-state index contributed by atoms with van der Waals surface area (Å²) in [6.07, 6.45) is 2.07. The minimum Gasteiger partial charge on any atom is -0.379 e. The first-order chi connectivity index (χ1) is 15.6. The number of H-pyrrole nitrogens is 1. The van der Waals surface area contributed by atoms with Gasteiger partial charge in [0, 0.05) is 65.6 Å². The van der Waals surface area contributed by atoms with Gasteiger partial charge >= 0.3 is 0 Å². The van der Waals surface area contributed by atoms with Crippen molar-refractivity contribution < 1.29 is 14.3 Å². The molecule has 0 bridgehead atoms. The molecule has 5 rings (SSSR count). The Morgan fingerprint density at radius 1 is 1.06 bits per heavy atom. The van der Waals surface area contributed by atoms with E-state index in [1.165, 1.54) is 0 Å². The molecular formula is C25H26N4O3. The van der Waals surface area contributed by atoms with Crippen LogP contribution in [0.1, 0.15) is 16.1 Å². The van der Waals surface area contributed by atoms with E-state index in [0.717, 1.165) is 61.2 Å². The number of carbonyl (C=O) groups excluding carboxylic acids is 2. The Bertz CT molecular complexity index is 1300. The second-order valence-electron chi connectivity index (χ2n) is 8.19. The van der Waals surface area contributed by atoms with Gasteiger partial charge in [0.2, 0.25) is 0 Å². The summed E-state index contributed by atoms with van der Waals surface area (Å²) in [6, 6.07) is 15.3. The number of Topliss-reactive ketones (excluding diaryl/α,β-unsaturated/α-hetero) is 1. The average molecular weight is 431 g/mol. The van der Waals surface area contributed by atoms with E-state index in [0.29, 0.717) is 16.9 Å². The summed E-state index contributed by atoms with van der Waals surface area (Å²) in [7, 11) is 0. The van der Waals surface area contributed by atoms with Gasteiger partial charge in [-0.2, -0.15) is 0 Å². The second kappa shape index (κ2) is 8.61. The lowest BCUT2D eigenvalue weighted by Crippen LogP contribution is -2.38. The largest absolute Gasteiger partial charge is 0.379 e. The van der Waals surface area contributed by atoms with Crippen molar-refractivity contribution in [3.05, 3.63) is 66.0 Å². The van der Waals surface area contributed by atoms with Crippen LogP contribution in [-0.2, 0) is 16.1 Å². The van der Waals surface area contributed by atoms with E-state index >= 15 is 0 Å². The molecular weight excluding hydrogens is 404 g/mol. The van der Waals surface area contributed by atoms with Crippen LogP contribution in [0, 0.1) is 6.92 Å². The van der Waals surface area contributed by atoms with Crippen LogP contribution in [0.3, 0.4) is 0 Å². The number of nitrogens with one attached hydrogen (secondary N) is 2. The van der Waals surface area contributed by atoms with Crippen LogP contribution in [0.15, 0.2) is 54.7 Å². The topological polar surface area (TPSA) is 79.4 Å². The van der Waals surface area contributed by atoms with Gasteiger partial charge in [-0.3, -0.25) is 14.5 Å². The normalized spacial score (nSPS) is 14.8. The number of hydrogen-bond acceptors (Lipinski definition) is 4. The van der Waals surface area contributed by atoms with E-state index in [1.54, 1.807) is 0 Å². The molecule has 1 amide bonds. The maximum atomic E-state index is 12.9. The lowest BCUT2D eigenvalue weighted by molar-refractivity contribution is -0.112. The summed E-state index contributed by atoms with van der Waals surface area (Å²) in [5.41, 5.74) is 3.68. The van der Waals surface area contributed by atoms with Gasteiger partial charge < -0.3 is 19.6 Å². The summed E-state index contributed by atoms with van der Waals surface area (Å²) in [6.45, 7) is 7.22. The highest BCUT2D eigenvalue weighted by Crippen LogP contribution is 2.24. The van der Waals surface area contributed by atoms with E-state index in [1.807, 2.05) is 55.5 Å². The zero-order chi connectivity index (χ0) is 22.1. The van der Waals surface area contributed by atoms with Crippen LogP contribution >= 0.6 is 0 Å². The number of nitrogens with zero attached hydrogens (tertiary/aromatic N) is 2. The highest BCUT2D eigenvalue weighted by molar-refractivity contribution is 6.48. The number of hydrogen-bond donors (Lipinski definition) is 2. The Balaban J connectivity index is 1.30. The number of carbonyl (C=O) groups is 2. The van der Waals surface area contributed by atoms with Gasteiger partial charge in [0.1, 0.15) is 0 Å². The number of aromatic amines is 1. The van der Waals surface area contributed by atoms with E-state index in [4.69, 9.17) is 4.74 Å². The lowest BCUT2D eigenvalue weighted by atomic mass is 10.1. The minimum atomic E-state index is -0.635. The van der Waals surface area contributed by atoms with Crippen LogP contribution in [-0.4, -0.2) is 59.0 Å². The third-order valence-electron chi connectivity index (χ3n) is 6.12. The number of ether oxygens (including phenoxy) is 1. The molecule has 0 spiro atoms. The molecule has 1 aliphatic heterocycles. The number of rotatable bonds is 6. The van der Waals surface area contributed by atoms with Crippen molar-refractivity contribution >= 4 is 39.2 Å². The lowest BCUT2D eigenvalue weighted by Gasteiger charge is -2.26. The molecule has 1 saturated heterocycles. The maximum Gasteiger partial charge on any atom is 0.296 e. The molecule has 164 valence electrons. The van der Waals surface area contributed by atoms with Crippen molar-refractivity contribution in [2.75, 3.05) is 38.2 Å². The van der Waals surface area contributed by atoms with Crippen molar-refractivity contribution in [3.8, 4) is 0 Å². The fraction of sp³-hybridized carbons (Fsp3) is 0.280. The Morgan fingerprint density at radius 2 is 1.88 bits per heavy atom. The second-order valence-corrected chi connectivity index (χ2v) is 8.19. The molecule has 0 saturated carbocycles. The summed E-state index contributed by atoms with van der Waals surface area (Å²) < 4.78 is 7.63. The van der Waals surface area contributed by atoms with Gasteiger partial charge in [-0.05, 0) is 37.3 Å². The molecule has 2 aromatic carbocycles. The van der Waals surface area contributed by atoms with Crippen LogP contribution in [0.4, 0.5) is 5.69 Å². The van der Waals surface area contributed by atoms with Crippen LogP contribution < -0.4 is 5.32 Å². The van der Waals surface area contributed by atoms with E-state index in [9.17, 15) is 9.59 Å². The Hall–Kier alpha value is -3.42. The predicted octanol–water partition coefficient (Wildman–Crippen LogP) is 3.58. The van der Waals surface area contributed by atoms with Gasteiger partial charge in [0.25, 0.3) is 11.7 Å². The number of benzene rings is 2. The van der Waals surface area contributed by atoms with Crippen molar-refractivity contribution in [1.82, 2.24) is 14.5 Å². The monoisotopic (exact) mass is 430 g/mol. The Morgan fingerprint density at radius 3 is 2.72 bits per heavy atom. The SMILES string of the molecule is Cc1[nH]c2ccccc2c1C(=O)C(=O)Nc1ccc2c(ccn2CCN2CCOCC2)c1. The highest BCUT2D eigenvalue weighted by Gasteiger charge is 2.23. The zero-order valence-electron chi connectivity index (χ0n) is 18.1. The predicted molar refractivity (Wildman–Crippen MR) is 125 cm³/mol. The molecule has 0 atom stereocenters. The molecule has 0 aliphatic carbocycles. The minimum absolute atomic E-state index is 0.424. The molecule has 0 unspecified atom stereocenters. The summed E-state index contributed by atoms with van der Waals surface area (Å²) >= 11 is 0.